The van der Waals surface area contributed by atoms with Crippen LogP contribution in [0, 0.1) is 0 Å². The second-order valence-corrected chi connectivity index (χ2v) is 4.60. The van der Waals surface area contributed by atoms with Gasteiger partial charge in [-0.1, -0.05) is 40.2 Å². The molecule has 2 nitrogen and oxygen atoms in total. The van der Waals surface area contributed by atoms with Crippen molar-refractivity contribution < 1.29 is 0 Å². The van der Waals surface area contributed by atoms with Gasteiger partial charge in [-0.05, 0) is 36.8 Å². The number of hydrogen-bond acceptors (Lipinski definition) is 2. The Balaban J connectivity index is 3.32. The highest BCUT2D eigenvalue weighted by molar-refractivity contribution is 5.73. The molecule has 0 saturated carbocycles. The van der Waals surface area contributed by atoms with Crippen molar-refractivity contribution in [3.05, 3.63) is 22.8 Å². The maximum atomic E-state index is 6.26. The molecule has 0 aliphatic heterocycles. The number of rotatable bonds is 6. The number of hydrogen-bond donors (Lipinski definition) is 1. The van der Waals surface area contributed by atoms with Crippen LogP contribution in [0.15, 0.2) is 11.1 Å². The molecule has 0 fully saturated rings. The van der Waals surface area contributed by atoms with Crippen molar-refractivity contribution in [3.63, 3.8) is 0 Å². The van der Waals surface area contributed by atoms with Gasteiger partial charge in [0, 0.05) is 17.5 Å². The Hall–Kier alpha value is -1.31. The van der Waals surface area contributed by atoms with Gasteiger partial charge < -0.3 is 5.73 Å². The van der Waals surface area contributed by atoms with Gasteiger partial charge in [0.1, 0.15) is 0 Å². The molecule has 0 bridgehead atoms. The normalized spacial score (nSPS) is 11.3. The molecular weight excluding hydrogens is 220 g/mol. The quantitative estimate of drug-likeness (QED) is 0.584. The van der Waals surface area contributed by atoms with Gasteiger partial charge in [-0.15, -0.1) is 0 Å². The zero-order valence-corrected chi connectivity index (χ0v) is 12.2. The standard InChI is InChI=1S/C16H26N2/c1-5-9-10-18-16-13(7-3)11-12(6-2)15(17)14(16)8-4/h10-11H,5-9,17H2,1-4H3/b18-10-. The minimum absolute atomic E-state index is 0.945. The molecule has 2 heteroatoms. The van der Waals surface area contributed by atoms with Crippen LogP contribution in [0.1, 0.15) is 57.2 Å². The Kier molecular flexibility index (Phi) is 5.90. The van der Waals surface area contributed by atoms with Gasteiger partial charge in [0.2, 0.25) is 0 Å². The highest BCUT2D eigenvalue weighted by Crippen LogP contribution is 2.33. The van der Waals surface area contributed by atoms with E-state index in [1.54, 1.807) is 0 Å². The van der Waals surface area contributed by atoms with E-state index in [4.69, 9.17) is 5.73 Å². The van der Waals surface area contributed by atoms with E-state index >= 15 is 0 Å². The smallest absolute Gasteiger partial charge is 0.0710 e. The first-order valence-corrected chi connectivity index (χ1v) is 7.15. The fourth-order valence-corrected chi connectivity index (χ4v) is 2.24. The molecule has 1 rings (SSSR count). The van der Waals surface area contributed by atoms with E-state index < -0.39 is 0 Å². The summed E-state index contributed by atoms with van der Waals surface area (Å²) in [6.07, 6.45) is 7.14. The number of unbranched alkanes of at least 4 members (excludes halogenated alkanes) is 1. The van der Waals surface area contributed by atoms with Crippen molar-refractivity contribution in [2.45, 2.75) is 59.8 Å². The summed E-state index contributed by atoms with van der Waals surface area (Å²) in [6, 6.07) is 2.23. The molecule has 2 N–H and O–H groups in total. The molecule has 1 aromatic rings. The van der Waals surface area contributed by atoms with Crippen LogP contribution in [0.25, 0.3) is 0 Å². The van der Waals surface area contributed by atoms with Crippen molar-refractivity contribution in [2.75, 3.05) is 5.73 Å². The molecule has 100 valence electrons. The highest BCUT2D eigenvalue weighted by atomic mass is 14.7. The minimum atomic E-state index is 0.945. The zero-order valence-electron chi connectivity index (χ0n) is 12.2. The first-order chi connectivity index (χ1) is 8.69. The van der Waals surface area contributed by atoms with E-state index in [2.05, 4.69) is 38.8 Å². The van der Waals surface area contributed by atoms with E-state index in [-0.39, 0.29) is 0 Å². The summed E-state index contributed by atoms with van der Waals surface area (Å²) in [7, 11) is 0. The van der Waals surface area contributed by atoms with E-state index in [9.17, 15) is 0 Å². The van der Waals surface area contributed by atoms with Gasteiger partial charge in [0.25, 0.3) is 0 Å². The fraction of sp³-hybridized carbons (Fsp3) is 0.562. The third-order valence-electron chi connectivity index (χ3n) is 3.36. The average molecular weight is 246 g/mol. The zero-order chi connectivity index (χ0) is 13.5. The topological polar surface area (TPSA) is 38.4 Å². The minimum Gasteiger partial charge on any atom is -0.398 e. The number of nitrogen functional groups attached to an aromatic ring is 1. The third kappa shape index (κ3) is 3.12. The molecule has 18 heavy (non-hydrogen) atoms. The van der Waals surface area contributed by atoms with E-state index in [0.717, 1.165) is 43.5 Å². The van der Waals surface area contributed by atoms with Crippen molar-refractivity contribution in [3.8, 4) is 0 Å². The van der Waals surface area contributed by atoms with Gasteiger partial charge >= 0.3 is 0 Å². The fourth-order valence-electron chi connectivity index (χ4n) is 2.24. The Labute approximate surface area is 111 Å². The van der Waals surface area contributed by atoms with Crippen LogP contribution in [0.2, 0.25) is 0 Å². The van der Waals surface area contributed by atoms with Crippen LogP contribution in [-0.2, 0) is 19.3 Å². The van der Waals surface area contributed by atoms with Crippen molar-refractivity contribution >= 4 is 17.6 Å². The number of nitrogens with zero attached hydrogens (tertiary/aromatic N) is 1. The van der Waals surface area contributed by atoms with Crippen LogP contribution in [0.5, 0.6) is 0 Å². The molecule has 0 saturated heterocycles. The van der Waals surface area contributed by atoms with Crippen LogP contribution < -0.4 is 5.73 Å². The maximum Gasteiger partial charge on any atom is 0.0710 e. The Morgan fingerprint density at radius 1 is 1.06 bits per heavy atom. The lowest BCUT2D eigenvalue weighted by Gasteiger charge is -2.15. The first kappa shape index (κ1) is 14.7. The van der Waals surface area contributed by atoms with Gasteiger partial charge in [0.05, 0.1) is 5.69 Å². The van der Waals surface area contributed by atoms with Crippen LogP contribution in [0.4, 0.5) is 11.4 Å². The first-order valence-electron chi connectivity index (χ1n) is 7.15. The van der Waals surface area contributed by atoms with Crippen LogP contribution in [0.3, 0.4) is 0 Å². The largest absolute Gasteiger partial charge is 0.398 e. The molecule has 0 unspecified atom stereocenters. The number of aliphatic imine (C=N–C) groups is 1. The number of anilines is 1. The lowest BCUT2D eigenvalue weighted by molar-refractivity contribution is 1.00. The molecule has 0 aliphatic rings. The maximum absolute atomic E-state index is 6.26. The summed E-state index contributed by atoms with van der Waals surface area (Å²) in [5, 5.41) is 0. The average Bonchev–Trinajstić information content (AvgIpc) is 2.39. The number of benzene rings is 1. The third-order valence-corrected chi connectivity index (χ3v) is 3.36. The molecule has 0 heterocycles. The molecule has 0 aromatic heterocycles. The Bertz CT molecular complexity index is 420. The van der Waals surface area contributed by atoms with Gasteiger partial charge in [-0.3, -0.25) is 4.99 Å². The van der Waals surface area contributed by atoms with Crippen molar-refractivity contribution in [1.82, 2.24) is 0 Å². The van der Waals surface area contributed by atoms with E-state index in [1.807, 2.05) is 6.21 Å². The predicted octanol–water partition coefficient (Wildman–Crippen LogP) is 4.46. The number of nitrogens with two attached hydrogens (primary N) is 1. The summed E-state index contributed by atoms with van der Waals surface area (Å²) >= 11 is 0. The summed E-state index contributed by atoms with van der Waals surface area (Å²) in [5.74, 6) is 0. The highest BCUT2D eigenvalue weighted by Gasteiger charge is 2.12. The van der Waals surface area contributed by atoms with Gasteiger partial charge in [0.15, 0.2) is 0 Å². The number of aryl methyl sites for hydroxylation is 2. The molecule has 0 spiro atoms. The Morgan fingerprint density at radius 2 is 1.72 bits per heavy atom. The van der Waals surface area contributed by atoms with Crippen LogP contribution in [-0.4, -0.2) is 6.21 Å². The molecule has 0 atom stereocenters. The lowest BCUT2D eigenvalue weighted by atomic mass is 9.95. The second-order valence-electron chi connectivity index (χ2n) is 4.60. The summed E-state index contributed by atoms with van der Waals surface area (Å²) < 4.78 is 0. The lowest BCUT2D eigenvalue weighted by Crippen LogP contribution is -2.02. The molecule has 1 aromatic carbocycles. The summed E-state index contributed by atoms with van der Waals surface area (Å²) in [6.45, 7) is 8.67. The molecule has 0 amide bonds. The predicted molar refractivity (Wildman–Crippen MR) is 82.0 cm³/mol. The summed E-state index contributed by atoms with van der Waals surface area (Å²) in [4.78, 5) is 4.67. The van der Waals surface area contributed by atoms with Crippen molar-refractivity contribution in [1.29, 1.82) is 0 Å². The second kappa shape index (κ2) is 7.20. The van der Waals surface area contributed by atoms with E-state index in [0.29, 0.717) is 0 Å². The Morgan fingerprint density at radius 3 is 2.22 bits per heavy atom. The monoisotopic (exact) mass is 246 g/mol. The van der Waals surface area contributed by atoms with Crippen molar-refractivity contribution in [2.24, 2.45) is 4.99 Å². The van der Waals surface area contributed by atoms with Crippen LogP contribution >= 0.6 is 0 Å². The summed E-state index contributed by atoms with van der Waals surface area (Å²) in [5.41, 5.74) is 12.1. The van der Waals surface area contributed by atoms with Gasteiger partial charge in [-0.2, -0.15) is 0 Å². The SMILES string of the molecule is CCC/C=N\c1c(CC)cc(CC)c(N)c1CC. The molecule has 0 radical (unpaired) electrons. The molecular formula is C16H26N2. The molecule has 0 aliphatic carbocycles. The van der Waals surface area contributed by atoms with Gasteiger partial charge in [-0.25, -0.2) is 0 Å². The van der Waals surface area contributed by atoms with E-state index in [1.165, 1.54) is 16.7 Å².